The van der Waals surface area contributed by atoms with Crippen LogP contribution in [0.1, 0.15) is 28.4 Å². The Bertz CT molecular complexity index is 549. The first-order valence-corrected chi connectivity index (χ1v) is 8.31. The van der Waals surface area contributed by atoms with Gasteiger partial charge in [0.25, 0.3) is 0 Å². The zero-order chi connectivity index (χ0) is 14.7. The summed E-state index contributed by atoms with van der Waals surface area (Å²) in [6.45, 7) is 4.50. The smallest absolute Gasteiger partial charge is 0.345 e. The predicted octanol–water partition coefficient (Wildman–Crippen LogP) is 0.864. The largest absolute Gasteiger partial charge is 0.477 e. The van der Waals surface area contributed by atoms with Crippen molar-refractivity contribution in [2.24, 2.45) is 0 Å². The van der Waals surface area contributed by atoms with Crippen molar-refractivity contribution in [3.05, 3.63) is 21.9 Å². The average molecular weight is 306 g/mol. The molecule has 0 aromatic carbocycles. The predicted molar refractivity (Wildman–Crippen MR) is 75.0 cm³/mol. The Labute approximate surface area is 116 Å². The fraction of sp³-hybridized carbons (Fsp3) is 0.545. The summed E-state index contributed by atoms with van der Waals surface area (Å²) in [7, 11) is -3.25. The molecule has 108 valence electrons. The first-order valence-electron chi connectivity index (χ1n) is 5.61. The summed E-state index contributed by atoms with van der Waals surface area (Å²) in [6, 6.07) is 3.31. The number of thiophene rings is 1. The molecule has 0 atom stereocenters. The van der Waals surface area contributed by atoms with E-state index in [2.05, 4.69) is 10.0 Å². The van der Waals surface area contributed by atoms with Gasteiger partial charge in [0.1, 0.15) is 4.88 Å². The van der Waals surface area contributed by atoms with Gasteiger partial charge in [0.2, 0.25) is 10.0 Å². The van der Waals surface area contributed by atoms with Crippen molar-refractivity contribution in [1.82, 2.24) is 10.0 Å². The van der Waals surface area contributed by atoms with Crippen molar-refractivity contribution in [1.29, 1.82) is 0 Å². The van der Waals surface area contributed by atoms with E-state index in [9.17, 15) is 13.2 Å². The van der Waals surface area contributed by atoms with E-state index in [1.165, 1.54) is 11.3 Å². The van der Waals surface area contributed by atoms with Crippen molar-refractivity contribution in [2.75, 3.05) is 12.8 Å². The van der Waals surface area contributed by atoms with Crippen LogP contribution < -0.4 is 10.0 Å². The molecule has 0 radical (unpaired) electrons. The highest BCUT2D eigenvalue weighted by molar-refractivity contribution is 7.88. The number of rotatable bonds is 7. The van der Waals surface area contributed by atoms with E-state index in [1.54, 1.807) is 26.0 Å². The summed E-state index contributed by atoms with van der Waals surface area (Å²) >= 11 is 1.20. The van der Waals surface area contributed by atoms with Crippen LogP contribution in [0.5, 0.6) is 0 Å². The van der Waals surface area contributed by atoms with Gasteiger partial charge in [0, 0.05) is 23.5 Å². The number of carbonyl (C=O) groups is 1. The molecule has 19 heavy (non-hydrogen) atoms. The van der Waals surface area contributed by atoms with Gasteiger partial charge in [0.15, 0.2) is 0 Å². The van der Waals surface area contributed by atoms with Crippen LogP contribution in [0.4, 0.5) is 0 Å². The number of hydrogen-bond donors (Lipinski definition) is 3. The Morgan fingerprint density at radius 1 is 1.42 bits per heavy atom. The second-order valence-corrected chi connectivity index (χ2v) is 7.85. The minimum Gasteiger partial charge on any atom is -0.477 e. The molecule has 0 unspecified atom stereocenters. The topological polar surface area (TPSA) is 95.5 Å². The standard InChI is InChI=1S/C11H18N2O4S2/c1-11(2,13-19(3,16)17)7-12-6-8-4-5-9(18-8)10(14)15/h4-5,12-13H,6-7H2,1-3H3,(H,14,15). The third kappa shape index (κ3) is 6.15. The molecule has 1 aromatic heterocycles. The van der Waals surface area contributed by atoms with E-state index < -0.39 is 21.5 Å². The fourth-order valence-corrected chi connectivity index (χ4v) is 3.52. The van der Waals surface area contributed by atoms with Crippen LogP contribution in [0.25, 0.3) is 0 Å². The van der Waals surface area contributed by atoms with E-state index >= 15 is 0 Å². The zero-order valence-electron chi connectivity index (χ0n) is 11.1. The highest BCUT2D eigenvalue weighted by Gasteiger charge is 2.21. The zero-order valence-corrected chi connectivity index (χ0v) is 12.7. The lowest BCUT2D eigenvalue weighted by Gasteiger charge is -2.25. The fourth-order valence-electron chi connectivity index (χ4n) is 1.62. The first-order chi connectivity index (χ1) is 8.59. The van der Waals surface area contributed by atoms with Gasteiger partial charge in [-0.2, -0.15) is 0 Å². The highest BCUT2D eigenvalue weighted by atomic mass is 32.2. The SMILES string of the molecule is CC(C)(CNCc1ccc(C(=O)O)s1)NS(C)(=O)=O. The minimum absolute atomic E-state index is 0.297. The molecule has 0 fully saturated rings. The molecule has 1 heterocycles. The Hall–Kier alpha value is -0.960. The van der Waals surface area contributed by atoms with Gasteiger partial charge in [-0.05, 0) is 26.0 Å². The molecule has 1 rings (SSSR count). The number of carboxylic acid groups (broad SMARTS) is 1. The molecular weight excluding hydrogens is 288 g/mol. The second-order valence-electron chi connectivity index (χ2n) is 4.93. The molecule has 0 aliphatic rings. The summed E-state index contributed by atoms with van der Waals surface area (Å²) in [5, 5.41) is 11.9. The van der Waals surface area contributed by atoms with Gasteiger partial charge < -0.3 is 10.4 Å². The van der Waals surface area contributed by atoms with Gasteiger partial charge in [0.05, 0.1) is 6.26 Å². The maximum Gasteiger partial charge on any atom is 0.345 e. The van der Waals surface area contributed by atoms with Gasteiger partial charge in [-0.15, -0.1) is 11.3 Å². The van der Waals surface area contributed by atoms with Crippen LogP contribution in [0.3, 0.4) is 0 Å². The maximum atomic E-state index is 11.2. The molecule has 6 nitrogen and oxygen atoms in total. The number of hydrogen-bond acceptors (Lipinski definition) is 5. The molecule has 0 aliphatic heterocycles. The van der Waals surface area contributed by atoms with Crippen LogP contribution in [-0.4, -0.2) is 37.8 Å². The lowest BCUT2D eigenvalue weighted by molar-refractivity contribution is 0.0702. The molecule has 0 amide bonds. The normalized spacial score (nSPS) is 12.6. The van der Waals surface area contributed by atoms with Crippen LogP contribution in [0.15, 0.2) is 12.1 Å². The van der Waals surface area contributed by atoms with E-state index in [0.29, 0.717) is 18.0 Å². The summed E-state index contributed by atoms with van der Waals surface area (Å²) < 4.78 is 24.8. The molecular formula is C11H18N2O4S2. The third-order valence-corrected chi connectivity index (χ3v) is 4.20. The summed E-state index contributed by atoms with van der Waals surface area (Å²) in [4.78, 5) is 11.9. The van der Waals surface area contributed by atoms with E-state index in [1.807, 2.05) is 0 Å². The quantitative estimate of drug-likeness (QED) is 0.694. The minimum atomic E-state index is -3.25. The molecule has 0 spiro atoms. The second kappa shape index (κ2) is 6.00. The number of aromatic carboxylic acids is 1. The lowest BCUT2D eigenvalue weighted by atomic mass is 10.1. The first kappa shape index (κ1) is 16.1. The van der Waals surface area contributed by atoms with E-state index in [4.69, 9.17) is 5.11 Å². The Morgan fingerprint density at radius 2 is 2.05 bits per heavy atom. The maximum absolute atomic E-state index is 11.2. The van der Waals surface area contributed by atoms with Crippen LogP contribution in [-0.2, 0) is 16.6 Å². The summed E-state index contributed by atoms with van der Waals surface area (Å²) in [6.07, 6.45) is 1.12. The average Bonchev–Trinajstić information content (AvgIpc) is 2.61. The number of nitrogens with one attached hydrogen (secondary N) is 2. The van der Waals surface area contributed by atoms with Gasteiger partial charge in [-0.3, -0.25) is 0 Å². The molecule has 3 N–H and O–H groups in total. The summed E-state index contributed by atoms with van der Waals surface area (Å²) in [5.74, 6) is -0.935. The Balaban J connectivity index is 2.47. The number of carboxylic acids is 1. The van der Waals surface area contributed by atoms with Gasteiger partial charge >= 0.3 is 5.97 Å². The molecule has 0 saturated heterocycles. The summed E-state index contributed by atoms with van der Waals surface area (Å²) in [5.41, 5.74) is -0.597. The molecule has 8 heteroatoms. The third-order valence-electron chi connectivity index (χ3n) is 2.20. The lowest BCUT2D eigenvalue weighted by Crippen LogP contribution is -2.49. The van der Waals surface area contributed by atoms with Crippen LogP contribution in [0.2, 0.25) is 0 Å². The molecule has 1 aromatic rings. The molecule has 0 bridgehead atoms. The monoisotopic (exact) mass is 306 g/mol. The van der Waals surface area contributed by atoms with Crippen molar-refractivity contribution in [3.8, 4) is 0 Å². The number of sulfonamides is 1. The Morgan fingerprint density at radius 3 is 2.53 bits per heavy atom. The van der Waals surface area contributed by atoms with E-state index in [-0.39, 0.29) is 0 Å². The van der Waals surface area contributed by atoms with Crippen molar-refractivity contribution in [2.45, 2.75) is 25.9 Å². The van der Waals surface area contributed by atoms with Gasteiger partial charge in [-0.25, -0.2) is 17.9 Å². The van der Waals surface area contributed by atoms with Crippen molar-refractivity contribution >= 4 is 27.3 Å². The highest BCUT2D eigenvalue weighted by Crippen LogP contribution is 2.16. The van der Waals surface area contributed by atoms with E-state index in [0.717, 1.165) is 11.1 Å². The van der Waals surface area contributed by atoms with Crippen LogP contribution in [0, 0.1) is 0 Å². The van der Waals surface area contributed by atoms with Crippen LogP contribution >= 0.6 is 11.3 Å². The Kier molecular flexibility index (Phi) is 5.08. The molecule has 0 saturated carbocycles. The van der Waals surface area contributed by atoms with Crippen molar-refractivity contribution in [3.63, 3.8) is 0 Å². The van der Waals surface area contributed by atoms with Crippen molar-refractivity contribution < 1.29 is 18.3 Å². The molecule has 0 aliphatic carbocycles. The van der Waals surface area contributed by atoms with Gasteiger partial charge in [-0.1, -0.05) is 0 Å².